The van der Waals surface area contributed by atoms with Crippen molar-refractivity contribution in [3.63, 3.8) is 0 Å². The summed E-state index contributed by atoms with van der Waals surface area (Å²) in [6, 6.07) is 7.32. The molecule has 1 unspecified atom stereocenters. The summed E-state index contributed by atoms with van der Waals surface area (Å²) in [4.78, 5) is 37.0. The van der Waals surface area contributed by atoms with E-state index < -0.39 is 17.5 Å². The summed E-state index contributed by atoms with van der Waals surface area (Å²) in [5, 5.41) is 15.1. The normalized spacial score (nSPS) is 14.7. The molecule has 2 heterocycles. The van der Waals surface area contributed by atoms with Crippen LogP contribution in [-0.4, -0.2) is 63.9 Å². The van der Waals surface area contributed by atoms with E-state index in [9.17, 15) is 19.7 Å². The number of aryl methyl sites for hydroxylation is 1. The van der Waals surface area contributed by atoms with E-state index >= 15 is 0 Å². The third-order valence-corrected chi connectivity index (χ3v) is 5.00. The first-order chi connectivity index (χ1) is 15.3. The van der Waals surface area contributed by atoms with Crippen LogP contribution in [0, 0.1) is 24.0 Å². The first-order valence-electron chi connectivity index (χ1n) is 10.3. The van der Waals surface area contributed by atoms with Crippen molar-refractivity contribution in [2.45, 2.75) is 39.8 Å². The minimum Gasteiger partial charge on any atom is -0.486 e. The lowest BCUT2D eigenvalue weighted by Gasteiger charge is -2.31. The maximum atomic E-state index is 12.7. The highest BCUT2D eigenvalue weighted by Crippen LogP contribution is 2.31. The average molecular weight is 446 g/mol. The van der Waals surface area contributed by atoms with E-state index in [1.807, 2.05) is 25.1 Å². The molecule has 11 heteroatoms. The second-order valence-corrected chi connectivity index (χ2v) is 7.43. The predicted octanol–water partition coefficient (Wildman–Crippen LogP) is 2.03. The monoisotopic (exact) mass is 446 g/mol. The molecule has 1 amide bonds. The molecule has 0 radical (unpaired) electrons. The zero-order chi connectivity index (χ0) is 23.3. The van der Waals surface area contributed by atoms with Crippen LogP contribution < -0.4 is 9.47 Å². The third-order valence-electron chi connectivity index (χ3n) is 5.00. The molecule has 0 aliphatic carbocycles. The third kappa shape index (κ3) is 5.34. The van der Waals surface area contributed by atoms with Crippen LogP contribution in [0.3, 0.4) is 0 Å². The van der Waals surface area contributed by atoms with Crippen molar-refractivity contribution >= 4 is 17.6 Å². The molecule has 0 spiro atoms. The SMILES string of the molecule is CCCN(CC1COc2ccccc2O1)C(=O)COC(=O)Cn1nc(C)c([N+](=O)[O-])c1C. The number of hydrogen-bond donors (Lipinski definition) is 0. The number of benzene rings is 1. The Labute approximate surface area is 185 Å². The maximum Gasteiger partial charge on any atom is 0.328 e. The molecule has 0 saturated carbocycles. The van der Waals surface area contributed by atoms with Crippen molar-refractivity contribution in [1.82, 2.24) is 14.7 Å². The standard InChI is InChI=1S/C21H26N4O7/c1-4-9-23(10-16-12-30-17-7-5-6-8-18(17)32-16)19(26)13-31-20(27)11-24-15(3)21(25(28)29)14(2)22-24/h5-8,16H,4,9-13H2,1-3H3. The number of carbonyl (C=O) groups excluding carboxylic acids is 2. The number of hydrogen-bond acceptors (Lipinski definition) is 8. The number of amides is 1. The van der Waals surface area contributed by atoms with E-state index in [-0.39, 0.29) is 35.6 Å². The molecular formula is C21H26N4O7. The van der Waals surface area contributed by atoms with Crippen molar-refractivity contribution in [2.75, 3.05) is 26.3 Å². The van der Waals surface area contributed by atoms with Crippen LogP contribution in [0.4, 0.5) is 5.69 Å². The second-order valence-electron chi connectivity index (χ2n) is 7.43. The van der Waals surface area contributed by atoms with Gasteiger partial charge in [0.15, 0.2) is 24.2 Å². The number of fused-ring (bicyclic) bond motifs is 1. The molecule has 0 saturated heterocycles. The van der Waals surface area contributed by atoms with Gasteiger partial charge >= 0.3 is 11.7 Å². The lowest BCUT2D eigenvalue weighted by atomic mass is 10.2. The van der Waals surface area contributed by atoms with E-state index in [0.29, 0.717) is 31.2 Å². The molecule has 172 valence electrons. The summed E-state index contributed by atoms with van der Waals surface area (Å²) in [5.74, 6) is 0.219. The highest BCUT2D eigenvalue weighted by Gasteiger charge is 2.26. The van der Waals surface area contributed by atoms with E-state index in [1.54, 1.807) is 11.0 Å². The maximum absolute atomic E-state index is 12.7. The largest absolute Gasteiger partial charge is 0.486 e. The fourth-order valence-corrected chi connectivity index (χ4v) is 3.49. The number of nitrogens with zero attached hydrogens (tertiary/aromatic N) is 4. The van der Waals surface area contributed by atoms with Crippen molar-refractivity contribution in [3.8, 4) is 11.5 Å². The second kappa shape index (κ2) is 10.1. The smallest absolute Gasteiger partial charge is 0.328 e. The first kappa shape index (κ1) is 23.0. The Balaban J connectivity index is 1.54. The van der Waals surface area contributed by atoms with Crippen molar-refractivity contribution in [2.24, 2.45) is 0 Å². The van der Waals surface area contributed by atoms with E-state index in [1.165, 1.54) is 18.5 Å². The van der Waals surface area contributed by atoms with Crippen molar-refractivity contribution in [1.29, 1.82) is 0 Å². The molecule has 1 aromatic heterocycles. The van der Waals surface area contributed by atoms with Crippen LogP contribution in [-0.2, 0) is 20.9 Å². The highest BCUT2D eigenvalue weighted by molar-refractivity contribution is 5.80. The Hall–Kier alpha value is -3.63. The van der Waals surface area contributed by atoms with Gasteiger partial charge < -0.3 is 19.1 Å². The lowest BCUT2D eigenvalue weighted by molar-refractivity contribution is -0.386. The molecule has 2 aromatic rings. The van der Waals surface area contributed by atoms with Gasteiger partial charge in [0.2, 0.25) is 0 Å². The molecule has 3 rings (SSSR count). The minimum absolute atomic E-state index is 0.140. The fraction of sp³-hybridized carbons (Fsp3) is 0.476. The molecule has 11 nitrogen and oxygen atoms in total. The summed E-state index contributed by atoms with van der Waals surface area (Å²) in [7, 11) is 0. The zero-order valence-electron chi connectivity index (χ0n) is 18.3. The summed E-state index contributed by atoms with van der Waals surface area (Å²) < 4.78 is 17.9. The number of esters is 1. The predicted molar refractivity (Wildman–Crippen MR) is 113 cm³/mol. The molecular weight excluding hydrogens is 420 g/mol. The van der Waals surface area contributed by atoms with Crippen LogP contribution >= 0.6 is 0 Å². The fourth-order valence-electron chi connectivity index (χ4n) is 3.49. The Kier molecular flexibility index (Phi) is 7.29. The molecule has 0 fully saturated rings. The molecule has 0 bridgehead atoms. The van der Waals surface area contributed by atoms with Gasteiger partial charge in [0, 0.05) is 6.54 Å². The Morgan fingerprint density at radius 3 is 2.69 bits per heavy atom. The number of rotatable bonds is 9. The van der Waals surface area contributed by atoms with Gasteiger partial charge in [-0.15, -0.1) is 0 Å². The van der Waals surface area contributed by atoms with Crippen LogP contribution in [0.25, 0.3) is 0 Å². The van der Waals surface area contributed by atoms with Gasteiger partial charge in [0.25, 0.3) is 5.91 Å². The summed E-state index contributed by atoms with van der Waals surface area (Å²) in [6.45, 7) is 5.25. The molecule has 1 aromatic carbocycles. The Morgan fingerprint density at radius 1 is 1.31 bits per heavy atom. The summed E-state index contributed by atoms with van der Waals surface area (Å²) in [5.41, 5.74) is 0.319. The molecule has 1 aliphatic heterocycles. The summed E-state index contributed by atoms with van der Waals surface area (Å²) in [6.07, 6.45) is 0.380. The van der Waals surface area contributed by atoms with Crippen molar-refractivity contribution in [3.05, 3.63) is 45.8 Å². The number of para-hydroxylation sites is 2. The van der Waals surface area contributed by atoms with Crippen molar-refractivity contribution < 1.29 is 28.7 Å². The van der Waals surface area contributed by atoms with E-state index in [0.717, 1.165) is 6.42 Å². The average Bonchev–Trinajstić information content (AvgIpc) is 3.04. The Morgan fingerprint density at radius 2 is 2.03 bits per heavy atom. The van der Waals surface area contributed by atoms with Gasteiger partial charge in [-0.3, -0.25) is 24.4 Å². The van der Waals surface area contributed by atoms with Gasteiger partial charge in [-0.2, -0.15) is 5.10 Å². The number of aromatic nitrogens is 2. The van der Waals surface area contributed by atoms with Gasteiger partial charge in [0.05, 0.1) is 11.5 Å². The first-order valence-corrected chi connectivity index (χ1v) is 10.3. The van der Waals surface area contributed by atoms with Crippen LogP contribution in [0.15, 0.2) is 24.3 Å². The minimum atomic E-state index is -0.707. The highest BCUT2D eigenvalue weighted by atomic mass is 16.6. The Bertz CT molecular complexity index is 1000. The number of ether oxygens (including phenoxy) is 3. The van der Waals surface area contributed by atoms with Gasteiger partial charge in [-0.05, 0) is 32.4 Å². The van der Waals surface area contributed by atoms with E-state index in [4.69, 9.17) is 14.2 Å². The molecule has 1 aliphatic rings. The number of nitro groups is 1. The van der Waals surface area contributed by atoms with Crippen LogP contribution in [0.2, 0.25) is 0 Å². The quantitative estimate of drug-likeness (QED) is 0.325. The molecule has 32 heavy (non-hydrogen) atoms. The lowest BCUT2D eigenvalue weighted by Crippen LogP contribution is -2.45. The van der Waals surface area contributed by atoms with Crippen LogP contribution in [0.5, 0.6) is 11.5 Å². The zero-order valence-corrected chi connectivity index (χ0v) is 18.3. The van der Waals surface area contributed by atoms with Gasteiger partial charge in [0.1, 0.15) is 24.5 Å². The molecule has 0 N–H and O–H groups in total. The van der Waals surface area contributed by atoms with E-state index in [2.05, 4.69) is 5.10 Å². The van der Waals surface area contributed by atoms with Crippen LogP contribution in [0.1, 0.15) is 24.7 Å². The van der Waals surface area contributed by atoms with Gasteiger partial charge in [-0.1, -0.05) is 19.1 Å². The summed E-state index contributed by atoms with van der Waals surface area (Å²) >= 11 is 0. The molecule has 1 atom stereocenters. The van der Waals surface area contributed by atoms with Gasteiger partial charge in [-0.25, -0.2) is 0 Å². The topological polar surface area (TPSA) is 126 Å². The number of carbonyl (C=O) groups is 2.